The zero-order valence-corrected chi connectivity index (χ0v) is 10.5. The summed E-state index contributed by atoms with van der Waals surface area (Å²) in [5, 5.41) is 4.43. The van der Waals surface area contributed by atoms with Gasteiger partial charge in [-0.1, -0.05) is 31.2 Å². The Bertz CT molecular complexity index is 505. The second kappa shape index (κ2) is 5.10. The lowest BCUT2D eigenvalue weighted by Gasteiger charge is -2.02. The zero-order valence-electron chi connectivity index (χ0n) is 10.5. The molecule has 0 spiro atoms. The largest absolute Gasteiger partial charge is 0.377 e. The van der Waals surface area contributed by atoms with Crippen LogP contribution in [0.5, 0.6) is 0 Å². The summed E-state index contributed by atoms with van der Waals surface area (Å²) in [5.41, 5.74) is 2.37. The van der Waals surface area contributed by atoms with Crippen LogP contribution in [0, 0.1) is 0 Å². The minimum absolute atomic E-state index is 0.484. The molecule has 1 aromatic carbocycles. The third-order valence-electron chi connectivity index (χ3n) is 2.77. The zero-order chi connectivity index (χ0) is 12.3. The molecule has 0 N–H and O–H groups in total. The van der Waals surface area contributed by atoms with Crippen molar-refractivity contribution in [2.75, 3.05) is 7.11 Å². The van der Waals surface area contributed by atoms with Crippen LogP contribution in [-0.4, -0.2) is 21.9 Å². The molecule has 0 unspecified atom stereocenters. The summed E-state index contributed by atoms with van der Waals surface area (Å²) >= 11 is 0. The van der Waals surface area contributed by atoms with Crippen molar-refractivity contribution >= 4 is 0 Å². The number of methoxy groups -OCH3 is 1. The van der Waals surface area contributed by atoms with E-state index in [1.807, 2.05) is 19.2 Å². The van der Waals surface area contributed by atoms with Gasteiger partial charge in [-0.15, -0.1) is 0 Å². The van der Waals surface area contributed by atoms with Gasteiger partial charge in [0.2, 0.25) is 0 Å². The van der Waals surface area contributed by atoms with E-state index in [1.54, 1.807) is 11.8 Å². The molecule has 0 bridgehead atoms. The molecule has 4 heteroatoms. The van der Waals surface area contributed by atoms with Crippen molar-refractivity contribution < 1.29 is 4.74 Å². The predicted molar refractivity (Wildman–Crippen MR) is 66.5 cm³/mol. The Morgan fingerprint density at radius 1 is 1.29 bits per heavy atom. The van der Waals surface area contributed by atoms with Crippen LogP contribution >= 0.6 is 0 Å². The highest BCUT2D eigenvalue weighted by Gasteiger charge is 2.11. The molecule has 90 valence electrons. The molecule has 0 aliphatic carbocycles. The van der Waals surface area contributed by atoms with Crippen LogP contribution in [0.25, 0.3) is 11.4 Å². The number of hydrogen-bond acceptors (Lipinski definition) is 3. The first-order valence-corrected chi connectivity index (χ1v) is 5.73. The molecule has 1 heterocycles. The summed E-state index contributed by atoms with van der Waals surface area (Å²) in [6, 6.07) is 8.23. The molecule has 4 nitrogen and oxygen atoms in total. The maximum atomic E-state index is 5.09. The Morgan fingerprint density at radius 2 is 2.06 bits per heavy atom. The van der Waals surface area contributed by atoms with Gasteiger partial charge in [0, 0.05) is 19.7 Å². The van der Waals surface area contributed by atoms with Gasteiger partial charge in [0.05, 0.1) is 0 Å². The van der Waals surface area contributed by atoms with Gasteiger partial charge >= 0.3 is 0 Å². The monoisotopic (exact) mass is 231 g/mol. The van der Waals surface area contributed by atoms with Crippen molar-refractivity contribution in [2.24, 2.45) is 7.05 Å². The lowest BCUT2D eigenvalue weighted by molar-refractivity contribution is 0.174. The highest BCUT2D eigenvalue weighted by Crippen LogP contribution is 2.21. The van der Waals surface area contributed by atoms with Crippen LogP contribution in [0.15, 0.2) is 24.3 Å². The predicted octanol–water partition coefficient (Wildman–Crippen LogP) is 2.19. The summed E-state index contributed by atoms with van der Waals surface area (Å²) in [5.74, 6) is 1.62. The SMILES string of the molecule is CCc1ccccc1-c1nc(COC)n(C)n1. The number of hydrogen-bond donors (Lipinski definition) is 0. The van der Waals surface area contributed by atoms with E-state index in [9.17, 15) is 0 Å². The van der Waals surface area contributed by atoms with Crippen LogP contribution in [-0.2, 0) is 24.8 Å². The molecular weight excluding hydrogens is 214 g/mol. The molecule has 0 aliphatic rings. The summed E-state index contributed by atoms with van der Waals surface area (Å²) < 4.78 is 6.86. The molecule has 0 aliphatic heterocycles. The van der Waals surface area contributed by atoms with Gasteiger partial charge in [-0.25, -0.2) is 4.98 Å². The summed E-state index contributed by atoms with van der Waals surface area (Å²) in [7, 11) is 3.55. The van der Waals surface area contributed by atoms with Crippen molar-refractivity contribution in [1.82, 2.24) is 14.8 Å². The number of benzene rings is 1. The average Bonchev–Trinajstić information content (AvgIpc) is 2.71. The van der Waals surface area contributed by atoms with Crippen LogP contribution in [0.2, 0.25) is 0 Å². The molecule has 1 aromatic heterocycles. The number of ether oxygens (including phenoxy) is 1. The van der Waals surface area contributed by atoms with E-state index in [2.05, 4.69) is 29.1 Å². The van der Waals surface area contributed by atoms with Gasteiger partial charge in [0.15, 0.2) is 11.6 Å². The van der Waals surface area contributed by atoms with Gasteiger partial charge in [0.1, 0.15) is 6.61 Å². The second-order valence-corrected chi connectivity index (χ2v) is 3.92. The van der Waals surface area contributed by atoms with E-state index in [0.29, 0.717) is 6.61 Å². The Morgan fingerprint density at radius 3 is 2.76 bits per heavy atom. The third-order valence-corrected chi connectivity index (χ3v) is 2.77. The maximum Gasteiger partial charge on any atom is 0.181 e. The first-order chi connectivity index (χ1) is 8.26. The van der Waals surface area contributed by atoms with Crippen LogP contribution in [0.4, 0.5) is 0 Å². The van der Waals surface area contributed by atoms with Crippen LogP contribution in [0.1, 0.15) is 18.3 Å². The summed E-state index contributed by atoms with van der Waals surface area (Å²) in [4.78, 5) is 4.51. The molecule has 0 amide bonds. The van der Waals surface area contributed by atoms with Gasteiger partial charge in [-0.05, 0) is 12.0 Å². The van der Waals surface area contributed by atoms with Gasteiger partial charge in [-0.3, -0.25) is 4.68 Å². The van der Waals surface area contributed by atoms with Crippen molar-refractivity contribution in [3.63, 3.8) is 0 Å². The van der Waals surface area contributed by atoms with Crippen LogP contribution < -0.4 is 0 Å². The maximum absolute atomic E-state index is 5.09. The summed E-state index contributed by atoms with van der Waals surface area (Å²) in [6.45, 7) is 2.62. The number of aromatic nitrogens is 3. The normalized spacial score (nSPS) is 10.8. The number of aryl methyl sites for hydroxylation is 2. The minimum Gasteiger partial charge on any atom is -0.377 e. The number of rotatable bonds is 4. The molecule has 0 radical (unpaired) electrons. The van der Waals surface area contributed by atoms with Gasteiger partial charge in [0.25, 0.3) is 0 Å². The Labute approximate surface area is 101 Å². The van der Waals surface area contributed by atoms with E-state index in [-0.39, 0.29) is 0 Å². The lowest BCUT2D eigenvalue weighted by atomic mass is 10.1. The Hall–Kier alpha value is -1.68. The van der Waals surface area contributed by atoms with E-state index in [1.165, 1.54) is 5.56 Å². The second-order valence-electron chi connectivity index (χ2n) is 3.92. The van der Waals surface area contributed by atoms with Gasteiger partial charge < -0.3 is 4.74 Å². The lowest BCUT2D eigenvalue weighted by Crippen LogP contribution is -2.00. The average molecular weight is 231 g/mol. The molecule has 2 rings (SSSR count). The number of nitrogens with zero attached hydrogens (tertiary/aromatic N) is 3. The quantitative estimate of drug-likeness (QED) is 0.809. The van der Waals surface area contributed by atoms with E-state index >= 15 is 0 Å². The smallest absolute Gasteiger partial charge is 0.181 e. The van der Waals surface area contributed by atoms with Crippen molar-refractivity contribution in [1.29, 1.82) is 0 Å². The molecule has 0 saturated carbocycles. The van der Waals surface area contributed by atoms with Gasteiger partial charge in [-0.2, -0.15) is 5.10 Å². The van der Waals surface area contributed by atoms with E-state index < -0.39 is 0 Å². The van der Waals surface area contributed by atoms with E-state index in [4.69, 9.17) is 4.74 Å². The highest BCUT2D eigenvalue weighted by atomic mass is 16.5. The third kappa shape index (κ3) is 2.36. The molecule has 0 fully saturated rings. The highest BCUT2D eigenvalue weighted by molar-refractivity contribution is 5.59. The van der Waals surface area contributed by atoms with Crippen molar-refractivity contribution in [2.45, 2.75) is 20.0 Å². The standard InChI is InChI=1S/C13H17N3O/c1-4-10-7-5-6-8-11(10)13-14-12(9-17-3)16(2)15-13/h5-8H,4,9H2,1-3H3. The van der Waals surface area contributed by atoms with Crippen LogP contribution in [0.3, 0.4) is 0 Å². The first kappa shape index (κ1) is 11.8. The van der Waals surface area contributed by atoms with Crippen molar-refractivity contribution in [3.05, 3.63) is 35.7 Å². The molecule has 2 aromatic rings. The summed E-state index contributed by atoms with van der Waals surface area (Å²) in [6.07, 6.45) is 0.980. The molecule has 0 saturated heterocycles. The topological polar surface area (TPSA) is 39.9 Å². The fourth-order valence-corrected chi connectivity index (χ4v) is 1.83. The Kier molecular flexibility index (Phi) is 3.54. The Balaban J connectivity index is 2.42. The fraction of sp³-hybridized carbons (Fsp3) is 0.385. The molecule has 17 heavy (non-hydrogen) atoms. The molecular formula is C13H17N3O. The van der Waals surface area contributed by atoms with Crippen molar-refractivity contribution in [3.8, 4) is 11.4 Å². The molecule has 0 atom stereocenters. The minimum atomic E-state index is 0.484. The van der Waals surface area contributed by atoms with E-state index in [0.717, 1.165) is 23.6 Å². The fourth-order valence-electron chi connectivity index (χ4n) is 1.83. The first-order valence-electron chi connectivity index (χ1n) is 5.73.